The maximum absolute atomic E-state index is 13.2. The summed E-state index contributed by atoms with van der Waals surface area (Å²) in [7, 11) is 0. The lowest BCUT2D eigenvalue weighted by atomic mass is 10.2. The van der Waals surface area contributed by atoms with Crippen LogP contribution in [0.15, 0.2) is 45.9 Å². The van der Waals surface area contributed by atoms with Gasteiger partial charge in [-0.1, -0.05) is 55.1 Å². The highest BCUT2D eigenvalue weighted by atomic mass is 32.2. The highest BCUT2D eigenvalue weighted by molar-refractivity contribution is 8.03. The summed E-state index contributed by atoms with van der Waals surface area (Å²) in [5, 5.41) is 0. The Balaban J connectivity index is 3.14. The highest BCUT2D eigenvalue weighted by Gasteiger charge is 2.38. The largest absolute Gasteiger partial charge is 0.488 e. The average molecular weight is 328 g/mol. The van der Waals surface area contributed by atoms with Crippen molar-refractivity contribution in [2.45, 2.75) is 44.2 Å². The zero-order chi connectivity index (χ0) is 16.4. The fourth-order valence-electron chi connectivity index (χ4n) is 1.56. The first-order valence-corrected chi connectivity index (χ1v) is 7.96. The second kappa shape index (κ2) is 9.47. The third-order valence-corrected chi connectivity index (χ3v) is 3.57. The Morgan fingerprint density at radius 3 is 2.41 bits per heavy atom. The van der Waals surface area contributed by atoms with E-state index in [0.29, 0.717) is 11.3 Å². The smallest absolute Gasteiger partial charge is 0.450 e. The van der Waals surface area contributed by atoms with E-state index in [2.05, 4.69) is 11.8 Å². The molecule has 120 valence electrons. The molecule has 0 unspecified atom stereocenters. The molecule has 0 aromatic heterocycles. The van der Waals surface area contributed by atoms with Gasteiger partial charge < -0.3 is 4.74 Å². The van der Waals surface area contributed by atoms with Crippen LogP contribution in [0, 0.1) is 11.8 Å². The van der Waals surface area contributed by atoms with Gasteiger partial charge in [-0.15, -0.1) is 0 Å². The molecule has 0 fully saturated rings. The number of unbranched alkanes of at least 4 members (excludes halogenated alkanes) is 2. The lowest BCUT2D eigenvalue weighted by Crippen LogP contribution is -2.16. The maximum atomic E-state index is 13.2. The third kappa shape index (κ3) is 6.48. The molecule has 1 nitrogen and oxygen atoms in total. The van der Waals surface area contributed by atoms with Crippen molar-refractivity contribution in [3.63, 3.8) is 0 Å². The Bertz CT molecular complexity index is 539. The van der Waals surface area contributed by atoms with Gasteiger partial charge in [0.1, 0.15) is 4.91 Å². The molecule has 5 heteroatoms. The van der Waals surface area contributed by atoms with Crippen LogP contribution < -0.4 is 0 Å². The van der Waals surface area contributed by atoms with Crippen molar-refractivity contribution in [3.8, 4) is 11.8 Å². The van der Waals surface area contributed by atoms with Crippen LogP contribution in [0.2, 0.25) is 0 Å². The number of alkyl halides is 3. The number of rotatable bonds is 6. The molecule has 0 spiro atoms. The second-order valence-electron chi connectivity index (χ2n) is 4.41. The molecule has 0 heterocycles. The van der Waals surface area contributed by atoms with Gasteiger partial charge in [-0.25, -0.2) is 0 Å². The van der Waals surface area contributed by atoms with E-state index in [1.54, 1.807) is 24.3 Å². The topological polar surface area (TPSA) is 9.23 Å². The number of allylic oxidation sites excluding steroid dienone is 2. The summed E-state index contributed by atoms with van der Waals surface area (Å²) in [5.41, 5.74) is 0. The zero-order valence-electron chi connectivity index (χ0n) is 12.7. The SMILES string of the molecule is CCCCC#C/C(Sc1ccccc1)=C(\OCC)C(F)(F)F. The minimum Gasteiger partial charge on any atom is -0.488 e. The van der Waals surface area contributed by atoms with Crippen molar-refractivity contribution >= 4 is 11.8 Å². The monoisotopic (exact) mass is 328 g/mol. The van der Waals surface area contributed by atoms with E-state index in [9.17, 15) is 13.2 Å². The van der Waals surface area contributed by atoms with Gasteiger partial charge in [-0.05, 0) is 25.5 Å². The highest BCUT2D eigenvalue weighted by Crippen LogP contribution is 2.36. The molecule has 0 aliphatic rings. The van der Waals surface area contributed by atoms with E-state index in [1.165, 1.54) is 6.92 Å². The van der Waals surface area contributed by atoms with Crippen LogP contribution in [-0.4, -0.2) is 12.8 Å². The Morgan fingerprint density at radius 2 is 1.86 bits per heavy atom. The first-order chi connectivity index (χ1) is 10.5. The third-order valence-electron chi connectivity index (χ3n) is 2.57. The molecule has 0 N–H and O–H groups in total. The molecule has 0 aliphatic carbocycles. The summed E-state index contributed by atoms with van der Waals surface area (Å²) in [4.78, 5) is 0.611. The summed E-state index contributed by atoms with van der Waals surface area (Å²) >= 11 is 0.983. The fourth-order valence-corrected chi connectivity index (χ4v) is 2.48. The molecule has 22 heavy (non-hydrogen) atoms. The molecule has 0 aliphatic heterocycles. The van der Waals surface area contributed by atoms with Crippen molar-refractivity contribution in [2.24, 2.45) is 0 Å². The summed E-state index contributed by atoms with van der Waals surface area (Å²) in [6.45, 7) is 3.49. The van der Waals surface area contributed by atoms with Gasteiger partial charge >= 0.3 is 6.18 Å². The normalized spacial score (nSPS) is 12.2. The summed E-state index contributed by atoms with van der Waals surface area (Å²) in [6.07, 6.45) is -2.15. The summed E-state index contributed by atoms with van der Waals surface area (Å²) in [5.74, 6) is 4.44. The van der Waals surface area contributed by atoms with Crippen molar-refractivity contribution in [2.75, 3.05) is 6.61 Å². The van der Waals surface area contributed by atoms with Gasteiger partial charge in [-0.3, -0.25) is 0 Å². The molecular formula is C17H19F3OS. The van der Waals surface area contributed by atoms with E-state index in [4.69, 9.17) is 4.74 Å². The number of hydrogen-bond acceptors (Lipinski definition) is 2. The van der Waals surface area contributed by atoms with Gasteiger partial charge in [0.05, 0.1) is 6.61 Å². The van der Waals surface area contributed by atoms with Crippen molar-refractivity contribution in [1.29, 1.82) is 0 Å². The Morgan fingerprint density at radius 1 is 1.18 bits per heavy atom. The maximum Gasteiger partial charge on any atom is 0.450 e. The molecule has 0 radical (unpaired) electrons. The van der Waals surface area contributed by atoms with Crippen LogP contribution >= 0.6 is 11.8 Å². The average Bonchev–Trinajstić information content (AvgIpc) is 2.48. The van der Waals surface area contributed by atoms with E-state index < -0.39 is 11.9 Å². The molecular weight excluding hydrogens is 309 g/mol. The van der Waals surface area contributed by atoms with E-state index >= 15 is 0 Å². The molecule has 0 bridgehead atoms. The van der Waals surface area contributed by atoms with Crippen molar-refractivity contribution in [3.05, 3.63) is 41.0 Å². The summed E-state index contributed by atoms with van der Waals surface area (Å²) < 4.78 is 44.3. The second-order valence-corrected chi connectivity index (χ2v) is 5.49. The lowest BCUT2D eigenvalue weighted by Gasteiger charge is -2.14. The molecule has 1 rings (SSSR count). The zero-order valence-corrected chi connectivity index (χ0v) is 13.5. The van der Waals surface area contributed by atoms with E-state index in [0.717, 1.165) is 24.6 Å². The molecule has 0 saturated heterocycles. The van der Waals surface area contributed by atoms with Crippen LogP contribution in [0.25, 0.3) is 0 Å². The Hall–Kier alpha value is -1.54. The predicted octanol–water partition coefficient (Wildman–Crippen LogP) is 5.78. The van der Waals surface area contributed by atoms with Gasteiger partial charge in [0.15, 0.2) is 0 Å². The van der Waals surface area contributed by atoms with Crippen LogP contribution in [-0.2, 0) is 4.74 Å². The van der Waals surface area contributed by atoms with Gasteiger partial charge in [0.25, 0.3) is 0 Å². The van der Waals surface area contributed by atoms with Crippen LogP contribution in [0.3, 0.4) is 0 Å². The number of benzene rings is 1. The van der Waals surface area contributed by atoms with Crippen LogP contribution in [0.1, 0.15) is 33.1 Å². The quantitative estimate of drug-likeness (QED) is 0.283. The Labute approximate surface area is 133 Å². The van der Waals surface area contributed by atoms with Gasteiger partial charge in [0.2, 0.25) is 5.76 Å². The molecule has 1 aromatic rings. The Kier molecular flexibility index (Phi) is 7.97. The number of thioether (sulfide) groups is 1. The number of hydrogen-bond donors (Lipinski definition) is 0. The number of halogens is 3. The van der Waals surface area contributed by atoms with Crippen LogP contribution in [0.5, 0.6) is 0 Å². The first kappa shape index (κ1) is 18.5. The van der Waals surface area contributed by atoms with E-state index in [-0.39, 0.29) is 11.5 Å². The predicted molar refractivity (Wildman–Crippen MR) is 84.3 cm³/mol. The minimum atomic E-state index is -4.55. The molecule has 0 saturated carbocycles. The molecule has 0 amide bonds. The van der Waals surface area contributed by atoms with Gasteiger partial charge in [0, 0.05) is 11.3 Å². The van der Waals surface area contributed by atoms with Gasteiger partial charge in [-0.2, -0.15) is 13.2 Å². The fraction of sp³-hybridized carbons (Fsp3) is 0.412. The van der Waals surface area contributed by atoms with E-state index in [1.807, 2.05) is 13.0 Å². The summed E-state index contributed by atoms with van der Waals surface area (Å²) in [6, 6.07) is 8.86. The standard InChI is InChI=1S/C17H19F3OS/c1-3-5-6-10-13-15(16(21-4-2)17(18,19)20)22-14-11-8-7-9-12-14/h7-9,11-12H,3-6H2,1-2H3/b16-15+. The van der Waals surface area contributed by atoms with Crippen molar-refractivity contribution in [1.82, 2.24) is 0 Å². The van der Waals surface area contributed by atoms with Crippen molar-refractivity contribution < 1.29 is 17.9 Å². The minimum absolute atomic E-state index is 0.0513. The number of ether oxygens (including phenoxy) is 1. The lowest BCUT2D eigenvalue weighted by molar-refractivity contribution is -0.130. The first-order valence-electron chi connectivity index (χ1n) is 7.15. The van der Waals surface area contributed by atoms with Crippen LogP contribution in [0.4, 0.5) is 13.2 Å². The molecule has 0 atom stereocenters. The molecule has 1 aromatic carbocycles.